The summed E-state index contributed by atoms with van der Waals surface area (Å²) in [5.41, 5.74) is 0. The minimum absolute atomic E-state index is 0.457. The summed E-state index contributed by atoms with van der Waals surface area (Å²) in [6.45, 7) is 0. The zero-order chi connectivity index (χ0) is 10.9. The van der Waals surface area contributed by atoms with E-state index in [4.69, 9.17) is 5.11 Å². The molecule has 0 fully saturated rings. The van der Waals surface area contributed by atoms with Crippen LogP contribution in [0.15, 0.2) is 0 Å². The van der Waals surface area contributed by atoms with Crippen LogP contribution < -0.4 is 0 Å². The Balaban J connectivity index is 4.89. The van der Waals surface area contributed by atoms with Crippen molar-refractivity contribution in [3.63, 3.8) is 0 Å². The van der Waals surface area contributed by atoms with E-state index in [1.807, 2.05) is 0 Å². The monoisotopic (exact) mass is 208 g/mol. The molecule has 0 bridgehead atoms. The largest absolute Gasteiger partial charge is 0.479 e. The zero-order valence-corrected chi connectivity index (χ0v) is 6.23. The maximum Gasteiger partial charge on any atom is 0.456 e. The van der Waals surface area contributed by atoms with Crippen molar-refractivity contribution in [3.8, 4) is 0 Å². The summed E-state index contributed by atoms with van der Waals surface area (Å²) in [7, 11) is 0.457. The fraction of sp³-hybridized carbons (Fsp3) is 0.800. The lowest BCUT2D eigenvalue weighted by molar-refractivity contribution is -0.313. The third kappa shape index (κ3) is 2.27. The molecule has 1 unspecified atom stereocenters. The lowest BCUT2D eigenvalue weighted by Gasteiger charge is -2.24. The lowest BCUT2D eigenvalue weighted by Crippen LogP contribution is -2.51. The van der Waals surface area contributed by atoms with E-state index in [-0.39, 0.29) is 0 Å². The molecule has 0 spiro atoms. The first kappa shape index (κ1) is 12.1. The number of carboxylic acid groups (broad SMARTS) is 1. The van der Waals surface area contributed by atoms with Gasteiger partial charge < -0.3 is 9.84 Å². The Morgan fingerprint density at radius 2 is 1.69 bits per heavy atom. The summed E-state index contributed by atoms with van der Waals surface area (Å²) >= 11 is 0. The second kappa shape index (κ2) is 3.44. The molecular weight excluding hydrogens is 203 g/mol. The summed E-state index contributed by atoms with van der Waals surface area (Å²) < 4.78 is 62.6. The topological polar surface area (TPSA) is 46.5 Å². The molecule has 3 nitrogen and oxygen atoms in total. The maximum atomic E-state index is 12.2. The summed E-state index contributed by atoms with van der Waals surface area (Å²) in [6.07, 6.45) is -9.15. The molecule has 0 aromatic heterocycles. The summed E-state index contributed by atoms with van der Waals surface area (Å²) in [6, 6.07) is 0. The lowest BCUT2D eigenvalue weighted by atomic mass is 10.2. The number of alkyl halides is 5. The summed E-state index contributed by atoms with van der Waals surface area (Å²) in [5, 5.41) is 7.97. The molecular formula is C5H5F5O3. The highest BCUT2D eigenvalue weighted by Gasteiger charge is 2.65. The molecule has 1 N–H and O–H groups in total. The number of ether oxygens (including phenoxy) is 1. The molecule has 1 atom stereocenters. The molecule has 0 aliphatic rings. The zero-order valence-electron chi connectivity index (χ0n) is 6.23. The molecule has 0 amide bonds. The number of hydrogen-bond acceptors (Lipinski definition) is 2. The van der Waals surface area contributed by atoms with E-state index in [9.17, 15) is 26.7 Å². The highest BCUT2D eigenvalue weighted by molar-refractivity contribution is 5.73. The van der Waals surface area contributed by atoms with Gasteiger partial charge in [-0.1, -0.05) is 0 Å². The summed E-state index contributed by atoms with van der Waals surface area (Å²) in [5.74, 6) is -7.77. The van der Waals surface area contributed by atoms with Gasteiger partial charge in [-0.15, -0.1) is 0 Å². The first-order valence-electron chi connectivity index (χ1n) is 2.84. The number of carbonyl (C=O) groups is 1. The van der Waals surface area contributed by atoms with Gasteiger partial charge >= 0.3 is 18.1 Å². The first-order valence-corrected chi connectivity index (χ1v) is 2.84. The van der Waals surface area contributed by atoms with Crippen LogP contribution in [0.3, 0.4) is 0 Å². The van der Waals surface area contributed by atoms with E-state index in [1.54, 1.807) is 0 Å². The number of aliphatic carboxylic acids is 1. The van der Waals surface area contributed by atoms with E-state index < -0.39 is 24.2 Å². The minimum atomic E-state index is -5.94. The molecule has 0 aromatic carbocycles. The van der Waals surface area contributed by atoms with Gasteiger partial charge in [0.15, 0.2) is 0 Å². The molecule has 0 aliphatic carbocycles. The van der Waals surface area contributed by atoms with Gasteiger partial charge in [0.25, 0.3) is 0 Å². The molecule has 0 saturated heterocycles. The van der Waals surface area contributed by atoms with Crippen LogP contribution in [0.2, 0.25) is 0 Å². The Hall–Kier alpha value is -0.920. The van der Waals surface area contributed by atoms with Crippen molar-refractivity contribution < 1.29 is 36.6 Å². The first-order chi connectivity index (χ1) is 5.64. The van der Waals surface area contributed by atoms with Gasteiger partial charge in [0.1, 0.15) is 0 Å². The minimum Gasteiger partial charge on any atom is -0.479 e. The van der Waals surface area contributed by atoms with Crippen LogP contribution in [0.4, 0.5) is 22.0 Å². The Morgan fingerprint density at radius 1 is 1.31 bits per heavy atom. The highest BCUT2D eigenvalue weighted by Crippen LogP contribution is 2.39. The van der Waals surface area contributed by atoms with E-state index >= 15 is 0 Å². The maximum absolute atomic E-state index is 12.2. The number of rotatable bonds is 3. The Bertz CT molecular complexity index is 199. The number of methoxy groups -OCH3 is 1. The molecule has 0 saturated carbocycles. The van der Waals surface area contributed by atoms with Gasteiger partial charge in [-0.25, -0.2) is 4.79 Å². The number of hydrogen-bond donors (Lipinski definition) is 1. The second-order valence-electron chi connectivity index (χ2n) is 2.07. The average Bonchev–Trinajstić information content (AvgIpc) is 1.83. The van der Waals surface area contributed by atoms with Crippen molar-refractivity contribution in [1.82, 2.24) is 0 Å². The molecule has 0 aliphatic heterocycles. The van der Waals surface area contributed by atoms with Gasteiger partial charge in [0.2, 0.25) is 6.10 Å². The second-order valence-corrected chi connectivity index (χ2v) is 2.07. The van der Waals surface area contributed by atoms with E-state index in [2.05, 4.69) is 4.74 Å². The fourth-order valence-corrected chi connectivity index (χ4v) is 0.553. The fourth-order valence-electron chi connectivity index (χ4n) is 0.553. The van der Waals surface area contributed by atoms with Gasteiger partial charge in [-0.05, 0) is 0 Å². The number of carboxylic acids is 1. The summed E-state index contributed by atoms with van der Waals surface area (Å²) in [4.78, 5) is 9.92. The molecule has 0 heterocycles. The Kier molecular flexibility index (Phi) is 3.20. The Labute approximate surface area is 69.1 Å². The van der Waals surface area contributed by atoms with Crippen LogP contribution in [0.1, 0.15) is 0 Å². The molecule has 0 rings (SSSR count). The normalized spacial score (nSPS) is 15.5. The molecule has 8 heteroatoms. The van der Waals surface area contributed by atoms with Crippen LogP contribution in [0, 0.1) is 0 Å². The van der Waals surface area contributed by atoms with E-state index in [1.165, 1.54) is 0 Å². The molecule has 13 heavy (non-hydrogen) atoms. The molecule has 78 valence electrons. The standard InChI is InChI=1S/C5H5F5O3/c1-13-2(3(11)12)4(6,7)5(8,9)10/h2H,1H3,(H,11,12). The van der Waals surface area contributed by atoms with Crippen LogP contribution in [-0.2, 0) is 9.53 Å². The van der Waals surface area contributed by atoms with Crippen molar-refractivity contribution in [2.75, 3.05) is 7.11 Å². The number of halogens is 5. The van der Waals surface area contributed by atoms with E-state index in [0.29, 0.717) is 7.11 Å². The van der Waals surface area contributed by atoms with Crippen molar-refractivity contribution in [3.05, 3.63) is 0 Å². The van der Waals surface area contributed by atoms with Gasteiger partial charge in [0, 0.05) is 7.11 Å². The SMILES string of the molecule is COC(C(=O)O)C(F)(F)C(F)(F)F. The van der Waals surface area contributed by atoms with Crippen molar-refractivity contribution >= 4 is 5.97 Å². The average molecular weight is 208 g/mol. The van der Waals surface area contributed by atoms with Crippen molar-refractivity contribution in [2.24, 2.45) is 0 Å². The molecule has 0 aromatic rings. The van der Waals surface area contributed by atoms with Gasteiger partial charge in [-0.3, -0.25) is 0 Å². The molecule has 0 radical (unpaired) electrons. The third-order valence-corrected chi connectivity index (χ3v) is 1.17. The van der Waals surface area contributed by atoms with Crippen LogP contribution in [-0.4, -0.2) is 36.4 Å². The van der Waals surface area contributed by atoms with Gasteiger partial charge in [0.05, 0.1) is 0 Å². The van der Waals surface area contributed by atoms with E-state index in [0.717, 1.165) is 0 Å². The van der Waals surface area contributed by atoms with Crippen LogP contribution >= 0.6 is 0 Å². The Morgan fingerprint density at radius 3 is 1.77 bits per heavy atom. The van der Waals surface area contributed by atoms with Crippen molar-refractivity contribution in [2.45, 2.75) is 18.2 Å². The predicted octanol–water partition coefficient (Wildman–Crippen LogP) is 1.28. The van der Waals surface area contributed by atoms with Gasteiger partial charge in [-0.2, -0.15) is 22.0 Å². The third-order valence-electron chi connectivity index (χ3n) is 1.17. The quantitative estimate of drug-likeness (QED) is 0.710. The predicted molar refractivity (Wildman–Crippen MR) is 29.4 cm³/mol. The van der Waals surface area contributed by atoms with Crippen LogP contribution in [0.5, 0.6) is 0 Å². The highest BCUT2D eigenvalue weighted by atomic mass is 19.4. The van der Waals surface area contributed by atoms with Crippen LogP contribution in [0.25, 0.3) is 0 Å². The smallest absolute Gasteiger partial charge is 0.456 e. The van der Waals surface area contributed by atoms with Crippen molar-refractivity contribution in [1.29, 1.82) is 0 Å².